The first-order chi connectivity index (χ1) is 6.75. The van der Waals surface area contributed by atoms with Crippen molar-refractivity contribution in [1.29, 1.82) is 0 Å². The number of halogens is 1. The van der Waals surface area contributed by atoms with E-state index in [1.165, 1.54) is 0 Å². The molecule has 0 N–H and O–H groups in total. The SMILES string of the molecule is Cc1cc(N2CC=CCC2)nc(Cl)n1. The molecular weight excluding hydrogens is 198 g/mol. The van der Waals surface area contributed by atoms with E-state index >= 15 is 0 Å². The number of anilines is 1. The van der Waals surface area contributed by atoms with Crippen LogP contribution in [0.5, 0.6) is 0 Å². The third kappa shape index (κ3) is 2.04. The van der Waals surface area contributed by atoms with Gasteiger partial charge in [0.1, 0.15) is 5.82 Å². The van der Waals surface area contributed by atoms with E-state index in [0.29, 0.717) is 5.28 Å². The number of aryl methyl sites for hydroxylation is 1. The molecule has 1 aliphatic rings. The van der Waals surface area contributed by atoms with Crippen molar-refractivity contribution < 1.29 is 0 Å². The predicted octanol–water partition coefficient (Wildman–Crippen LogP) is 2.20. The second-order valence-electron chi connectivity index (χ2n) is 3.34. The van der Waals surface area contributed by atoms with Crippen LogP contribution in [0.1, 0.15) is 12.1 Å². The van der Waals surface area contributed by atoms with Gasteiger partial charge in [-0.05, 0) is 24.9 Å². The van der Waals surface area contributed by atoms with Crippen LogP contribution in [0, 0.1) is 6.92 Å². The quantitative estimate of drug-likeness (QED) is 0.525. The second kappa shape index (κ2) is 3.96. The van der Waals surface area contributed by atoms with Crippen LogP contribution in [-0.4, -0.2) is 23.1 Å². The highest BCUT2D eigenvalue weighted by Gasteiger charge is 2.10. The van der Waals surface area contributed by atoms with Crippen LogP contribution in [0.2, 0.25) is 5.28 Å². The van der Waals surface area contributed by atoms with Crippen molar-refractivity contribution in [3.05, 3.63) is 29.2 Å². The summed E-state index contributed by atoms with van der Waals surface area (Å²) >= 11 is 5.80. The standard InChI is InChI=1S/C10H12ClN3/c1-8-7-9(13-10(11)12-8)14-5-3-2-4-6-14/h2-3,7H,4-6H2,1H3. The number of nitrogens with zero attached hydrogens (tertiary/aromatic N) is 3. The minimum absolute atomic E-state index is 0.328. The van der Waals surface area contributed by atoms with Crippen LogP contribution in [0.4, 0.5) is 5.82 Å². The maximum atomic E-state index is 5.80. The molecule has 0 saturated carbocycles. The average molecular weight is 210 g/mol. The third-order valence-electron chi connectivity index (χ3n) is 2.20. The fourth-order valence-electron chi connectivity index (χ4n) is 1.53. The van der Waals surface area contributed by atoms with Gasteiger partial charge in [-0.25, -0.2) is 9.97 Å². The van der Waals surface area contributed by atoms with Gasteiger partial charge in [0.25, 0.3) is 0 Å². The van der Waals surface area contributed by atoms with E-state index < -0.39 is 0 Å². The van der Waals surface area contributed by atoms with Gasteiger partial charge in [0.15, 0.2) is 0 Å². The zero-order valence-corrected chi connectivity index (χ0v) is 8.83. The van der Waals surface area contributed by atoms with Crippen molar-refractivity contribution in [2.24, 2.45) is 0 Å². The van der Waals surface area contributed by atoms with E-state index in [1.54, 1.807) is 0 Å². The van der Waals surface area contributed by atoms with Crippen molar-refractivity contribution in [2.75, 3.05) is 18.0 Å². The molecule has 0 fully saturated rings. The maximum Gasteiger partial charge on any atom is 0.224 e. The zero-order valence-electron chi connectivity index (χ0n) is 8.07. The highest BCUT2D eigenvalue weighted by atomic mass is 35.5. The fraction of sp³-hybridized carbons (Fsp3) is 0.400. The monoisotopic (exact) mass is 209 g/mol. The number of aromatic nitrogens is 2. The summed E-state index contributed by atoms with van der Waals surface area (Å²) < 4.78 is 0. The Kier molecular flexibility index (Phi) is 2.68. The first kappa shape index (κ1) is 9.46. The van der Waals surface area contributed by atoms with Gasteiger partial charge in [-0.2, -0.15) is 0 Å². The van der Waals surface area contributed by atoms with Crippen LogP contribution < -0.4 is 4.90 Å². The Morgan fingerprint density at radius 3 is 2.86 bits per heavy atom. The number of hydrogen-bond acceptors (Lipinski definition) is 3. The Hall–Kier alpha value is -1.09. The molecule has 2 rings (SSSR count). The van der Waals surface area contributed by atoms with E-state index in [9.17, 15) is 0 Å². The van der Waals surface area contributed by atoms with Gasteiger partial charge in [-0.1, -0.05) is 12.2 Å². The predicted molar refractivity (Wildman–Crippen MR) is 57.7 cm³/mol. The summed E-state index contributed by atoms with van der Waals surface area (Å²) in [5, 5.41) is 0.328. The van der Waals surface area contributed by atoms with Crippen LogP contribution in [0.25, 0.3) is 0 Å². The molecule has 0 amide bonds. The zero-order chi connectivity index (χ0) is 9.97. The smallest absolute Gasteiger partial charge is 0.224 e. The van der Waals surface area contributed by atoms with Gasteiger partial charge < -0.3 is 4.90 Å². The Labute approximate surface area is 88.4 Å². The minimum Gasteiger partial charge on any atom is -0.352 e. The average Bonchev–Trinajstić information content (AvgIpc) is 2.18. The van der Waals surface area contributed by atoms with Gasteiger partial charge in [-0.15, -0.1) is 0 Å². The van der Waals surface area contributed by atoms with Gasteiger partial charge in [0.2, 0.25) is 5.28 Å². The molecule has 0 unspecified atom stereocenters. The van der Waals surface area contributed by atoms with Gasteiger partial charge in [0.05, 0.1) is 0 Å². The van der Waals surface area contributed by atoms with Gasteiger partial charge in [-0.3, -0.25) is 0 Å². The van der Waals surface area contributed by atoms with E-state index in [1.807, 2.05) is 13.0 Å². The molecule has 4 heteroatoms. The number of hydrogen-bond donors (Lipinski definition) is 0. The minimum atomic E-state index is 0.328. The highest BCUT2D eigenvalue weighted by Crippen LogP contribution is 2.16. The summed E-state index contributed by atoms with van der Waals surface area (Å²) in [4.78, 5) is 10.4. The molecule has 0 spiro atoms. The van der Waals surface area contributed by atoms with Crippen LogP contribution in [0.3, 0.4) is 0 Å². The lowest BCUT2D eigenvalue weighted by Crippen LogP contribution is -2.27. The molecule has 0 radical (unpaired) electrons. The Morgan fingerprint density at radius 2 is 2.21 bits per heavy atom. The Bertz CT molecular complexity index is 342. The normalized spacial score (nSPS) is 16.0. The van der Waals surface area contributed by atoms with Gasteiger partial charge >= 0.3 is 0 Å². The maximum absolute atomic E-state index is 5.80. The van der Waals surface area contributed by atoms with Crippen molar-refractivity contribution in [2.45, 2.75) is 13.3 Å². The molecular formula is C10H12ClN3. The first-order valence-electron chi connectivity index (χ1n) is 4.67. The second-order valence-corrected chi connectivity index (χ2v) is 3.68. The number of rotatable bonds is 1. The lowest BCUT2D eigenvalue weighted by atomic mass is 10.2. The molecule has 0 atom stereocenters. The van der Waals surface area contributed by atoms with Crippen LogP contribution in [-0.2, 0) is 0 Å². The molecule has 3 nitrogen and oxygen atoms in total. The Morgan fingerprint density at radius 1 is 1.36 bits per heavy atom. The van der Waals surface area contributed by atoms with Crippen LogP contribution in [0.15, 0.2) is 18.2 Å². The summed E-state index contributed by atoms with van der Waals surface area (Å²) in [7, 11) is 0. The third-order valence-corrected chi connectivity index (χ3v) is 2.36. The highest BCUT2D eigenvalue weighted by molar-refractivity contribution is 6.28. The summed E-state index contributed by atoms with van der Waals surface area (Å²) in [6.07, 6.45) is 5.40. The molecule has 0 bridgehead atoms. The Balaban J connectivity index is 2.26. The van der Waals surface area contributed by atoms with Crippen molar-refractivity contribution in [3.63, 3.8) is 0 Å². The molecule has 1 aliphatic heterocycles. The summed E-state index contributed by atoms with van der Waals surface area (Å²) in [6, 6.07) is 1.96. The van der Waals surface area contributed by atoms with Crippen molar-refractivity contribution in [3.8, 4) is 0 Å². The largest absolute Gasteiger partial charge is 0.352 e. The van der Waals surface area contributed by atoms with Crippen molar-refractivity contribution in [1.82, 2.24) is 9.97 Å². The lowest BCUT2D eigenvalue weighted by Gasteiger charge is -2.24. The molecule has 14 heavy (non-hydrogen) atoms. The van der Waals surface area contributed by atoms with Crippen molar-refractivity contribution >= 4 is 17.4 Å². The molecule has 1 aromatic rings. The topological polar surface area (TPSA) is 29.0 Å². The first-order valence-corrected chi connectivity index (χ1v) is 5.04. The van der Waals surface area contributed by atoms with Crippen LogP contribution >= 0.6 is 11.6 Å². The molecule has 2 heterocycles. The molecule has 0 aromatic carbocycles. The summed E-state index contributed by atoms with van der Waals surface area (Å²) in [5.41, 5.74) is 0.912. The lowest BCUT2D eigenvalue weighted by molar-refractivity contribution is 0.801. The van der Waals surface area contributed by atoms with E-state index in [2.05, 4.69) is 27.0 Å². The van der Waals surface area contributed by atoms with E-state index in [0.717, 1.165) is 31.0 Å². The molecule has 0 saturated heterocycles. The summed E-state index contributed by atoms with van der Waals surface area (Å²) in [6.45, 7) is 3.84. The fourth-order valence-corrected chi connectivity index (χ4v) is 1.75. The van der Waals surface area contributed by atoms with Gasteiger partial charge in [0, 0.05) is 24.8 Å². The van der Waals surface area contributed by atoms with E-state index in [4.69, 9.17) is 11.6 Å². The molecule has 0 aliphatic carbocycles. The summed E-state index contributed by atoms with van der Waals surface area (Å²) in [5.74, 6) is 0.923. The molecule has 1 aromatic heterocycles. The van der Waals surface area contributed by atoms with E-state index in [-0.39, 0.29) is 0 Å². The molecule has 74 valence electrons.